The van der Waals surface area contributed by atoms with Gasteiger partial charge in [0.15, 0.2) is 9.81 Å². The number of piperazine rings is 1. The number of allylic oxidation sites excluding steroid dienone is 2. The molecule has 0 aliphatic carbocycles. The first kappa shape index (κ1) is 80.5. The summed E-state index contributed by atoms with van der Waals surface area (Å²) in [6.07, 6.45) is 4.39. The van der Waals surface area contributed by atoms with Crippen molar-refractivity contribution in [1.29, 1.82) is 15.8 Å². The van der Waals surface area contributed by atoms with Gasteiger partial charge in [0.25, 0.3) is 26.0 Å². The van der Waals surface area contributed by atoms with Crippen molar-refractivity contribution >= 4 is 93.6 Å². The number of hydrogen-bond acceptors (Lipinski definition) is 19. The highest BCUT2D eigenvalue weighted by molar-refractivity contribution is 7.94. The molecule has 0 unspecified atom stereocenters. The van der Waals surface area contributed by atoms with Crippen LogP contribution in [0, 0.1) is 34.0 Å². The summed E-state index contributed by atoms with van der Waals surface area (Å²) in [6.45, 7) is 16.6. The number of ether oxygens (including phenoxy) is 5. The lowest BCUT2D eigenvalue weighted by Crippen LogP contribution is -2.44. The molecule has 3 aliphatic heterocycles. The quantitative estimate of drug-likeness (QED) is 0.0166. The van der Waals surface area contributed by atoms with Crippen LogP contribution in [0.2, 0.25) is 0 Å². The molecular weight excluding hydrogens is 1410 g/mol. The Morgan fingerprint density at radius 1 is 0.444 bits per heavy atom. The molecule has 108 heavy (non-hydrogen) atoms. The molecule has 3 saturated heterocycles. The number of likely N-dealkylation sites (N-methyl/N-ethyl adjacent to an activating group) is 1. The van der Waals surface area contributed by atoms with Crippen molar-refractivity contribution in [2.75, 3.05) is 188 Å². The summed E-state index contributed by atoms with van der Waals surface area (Å²) in [5.74, 6) is -0.405. The van der Waals surface area contributed by atoms with Gasteiger partial charge in [-0.2, -0.15) is 15.8 Å². The lowest BCUT2D eigenvalue weighted by Gasteiger charge is -2.34. The lowest BCUT2D eigenvalue weighted by atomic mass is 10.0. The normalized spacial score (nSPS) is 15.0. The van der Waals surface area contributed by atoms with Crippen LogP contribution < -0.4 is 30.3 Å². The fourth-order valence-corrected chi connectivity index (χ4v) is 14.7. The van der Waals surface area contributed by atoms with Crippen LogP contribution in [0.4, 0.5) is 17.1 Å². The Hall–Kier alpha value is -10.0. The number of carbonyl (C=O) groups is 1. The van der Waals surface area contributed by atoms with Gasteiger partial charge in [0, 0.05) is 192 Å². The van der Waals surface area contributed by atoms with Gasteiger partial charge in [-0.05, 0) is 165 Å². The second kappa shape index (κ2) is 39.2. The number of nitriles is 3. The molecule has 6 heterocycles. The minimum atomic E-state index is -3.92. The molecule has 0 radical (unpaired) electrons. The van der Waals surface area contributed by atoms with Crippen molar-refractivity contribution in [3.63, 3.8) is 0 Å². The Morgan fingerprint density at radius 2 is 0.824 bits per heavy atom. The first-order chi connectivity index (χ1) is 52.3. The number of nitrogens with zero attached hydrogens (tertiary/aromatic N) is 10. The molecule has 0 atom stereocenters. The predicted molar refractivity (Wildman–Crippen MR) is 430 cm³/mol. The van der Waals surface area contributed by atoms with Gasteiger partial charge < -0.3 is 63.1 Å². The van der Waals surface area contributed by atoms with E-state index in [1.165, 1.54) is 42.8 Å². The highest BCUT2D eigenvalue weighted by Gasteiger charge is 2.22. The number of fused-ring (bicyclic) bond motifs is 3. The van der Waals surface area contributed by atoms with Crippen molar-refractivity contribution in [2.45, 2.75) is 0 Å². The SMILES string of the molecule is COCCNC(=O)/C(C#N)=C/c1ccc(-c2ccc3cc(NCCN4CCOCC4)ccc3c2)n1C.COCCNS(=O)(=O)/C(C#N)=C/c1ccc(-c2ccc3cc(N4CCN(C)CC4)ccc3c2)n1C.COCCNS(=O)(=O)/C(C#N)=C/c1ccc(-c2ccc3cc(NCCN4CCOCC4)ccc3c2)n1C. The van der Waals surface area contributed by atoms with Crippen LogP contribution in [0.15, 0.2) is 161 Å². The summed E-state index contributed by atoms with van der Waals surface area (Å²) in [5.41, 5.74) is 11.5. The molecule has 0 spiro atoms. The number of amides is 1. The minimum absolute atomic E-state index is 0.0611. The molecule has 0 bridgehead atoms. The maximum absolute atomic E-state index is 12.5. The van der Waals surface area contributed by atoms with Gasteiger partial charge >= 0.3 is 0 Å². The number of anilines is 3. The molecular formula is C81H97N15O10S2. The maximum Gasteiger partial charge on any atom is 0.262 e. The van der Waals surface area contributed by atoms with E-state index in [0.29, 0.717) is 24.5 Å². The average molecular weight is 1500 g/mol. The van der Waals surface area contributed by atoms with Crippen molar-refractivity contribution < 1.29 is 45.3 Å². The number of nitrogens with one attached hydrogen (secondary N) is 5. The molecule has 5 N–H and O–H groups in total. The van der Waals surface area contributed by atoms with Crippen molar-refractivity contribution in [3.05, 3.63) is 178 Å². The van der Waals surface area contributed by atoms with Crippen LogP contribution in [0.25, 0.3) is 84.3 Å². The summed E-state index contributed by atoms with van der Waals surface area (Å²) in [6, 6.07) is 55.3. The molecule has 9 aromatic rings. The first-order valence-electron chi connectivity index (χ1n) is 36.0. The van der Waals surface area contributed by atoms with E-state index in [0.717, 1.165) is 177 Å². The van der Waals surface area contributed by atoms with Gasteiger partial charge in [-0.3, -0.25) is 14.6 Å². The fraction of sp³-hybridized carbons (Fsp3) is 0.358. The van der Waals surface area contributed by atoms with Crippen LogP contribution in [0.1, 0.15) is 17.1 Å². The fourth-order valence-electron chi connectivity index (χ4n) is 12.9. The van der Waals surface area contributed by atoms with E-state index in [4.69, 9.17) is 23.7 Å². The number of sulfonamides is 2. The van der Waals surface area contributed by atoms with E-state index in [1.54, 1.807) is 25.3 Å². The first-order valence-corrected chi connectivity index (χ1v) is 39.0. The molecule has 1 amide bonds. The largest absolute Gasteiger partial charge is 0.384 e. The molecule has 3 aliphatic rings. The Morgan fingerprint density at radius 3 is 1.23 bits per heavy atom. The highest BCUT2D eigenvalue weighted by Crippen LogP contribution is 2.33. The van der Waals surface area contributed by atoms with Crippen LogP contribution in [-0.4, -0.2) is 224 Å². The Bertz CT molecular complexity index is 5040. The van der Waals surface area contributed by atoms with Crippen molar-refractivity contribution in [2.24, 2.45) is 21.1 Å². The third kappa shape index (κ3) is 21.7. The van der Waals surface area contributed by atoms with E-state index in [1.807, 2.05) is 77.3 Å². The number of methoxy groups -OCH3 is 3. The average Bonchev–Trinajstić information content (AvgIpc) is 1.73. The van der Waals surface area contributed by atoms with Gasteiger partial charge in [0.1, 0.15) is 23.8 Å². The Kier molecular flexibility index (Phi) is 29.2. The molecule has 27 heteroatoms. The summed E-state index contributed by atoms with van der Waals surface area (Å²) in [7, 11) is 4.51. The van der Waals surface area contributed by atoms with E-state index in [2.05, 4.69) is 161 Å². The number of aromatic nitrogens is 3. The van der Waals surface area contributed by atoms with Crippen LogP contribution in [-0.2, 0) is 69.7 Å². The summed E-state index contributed by atoms with van der Waals surface area (Å²) < 4.78 is 85.9. The highest BCUT2D eigenvalue weighted by atomic mass is 32.2. The second-order valence-corrected chi connectivity index (χ2v) is 29.9. The Labute approximate surface area is 633 Å². The number of benzene rings is 6. The Balaban J connectivity index is 0.000000173. The zero-order valence-electron chi connectivity index (χ0n) is 62.5. The predicted octanol–water partition coefficient (Wildman–Crippen LogP) is 9.31. The van der Waals surface area contributed by atoms with Gasteiger partial charge in [0.2, 0.25) is 0 Å². The number of hydrogen-bond donors (Lipinski definition) is 5. The topological polar surface area (TPSA) is 291 Å². The van der Waals surface area contributed by atoms with E-state index in [-0.39, 0.29) is 41.7 Å². The number of rotatable bonds is 29. The summed E-state index contributed by atoms with van der Waals surface area (Å²) in [5, 5.41) is 45.0. The second-order valence-electron chi connectivity index (χ2n) is 26.4. The third-order valence-corrected chi connectivity index (χ3v) is 22.0. The maximum atomic E-state index is 12.5. The molecule has 568 valence electrons. The molecule has 3 fully saturated rings. The molecule has 6 aromatic carbocycles. The zero-order chi connectivity index (χ0) is 76.6. The monoisotopic (exact) mass is 1500 g/mol. The molecule has 3 aromatic heterocycles. The lowest BCUT2D eigenvalue weighted by molar-refractivity contribution is -0.117. The third-order valence-electron chi connectivity index (χ3n) is 19.3. The van der Waals surface area contributed by atoms with Crippen molar-refractivity contribution in [1.82, 2.24) is 43.2 Å². The smallest absolute Gasteiger partial charge is 0.262 e. The zero-order valence-corrected chi connectivity index (χ0v) is 64.1. The van der Waals surface area contributed by atoms with E-state index in [9.17, 15) is 37.4 Å². The summed E-state index contributed by atoms with van der Waals surface area (Å²) in [4.78, 5) is 21.2. The summed E-state index contributed by atoms with van der Waals surface area (Å²) >= 11 is 0. The van der Waals surface area contributed by atoms with E-state index >= 15 is 0 Å². The number of carbonyl (C=O) groups excluding carboxylic acids is 1. The van der Waals surface area contributed by atoms with Crippen LogP contribution in [0.3, 0.4) is 0 Å². The molecule has 0 saturated carbocycles. The minimum Gasteiger partial charge on any atom is -0.384 e. The van der Waals surface area contributed by atoms with Gasteiger partial charge in [-0.1, -0.05) is 54.6 Å². The number of morpholine rings is 2. The van der Waals surface area contributed by atoms with Crippen molar-refractivity contribution in [3.8, 4) is 52.0 Å². The van der Waals surface area contributed by atoms with Crippen LogP contribution >= 0.6 is 0 Å². The van der Waals surface area contributed by atoms with E-state index < -0.39 is 26.0 Å². The molecule has 12 rings (SSSR count). The standard InChI is InChI=1S/C28H33N5O3.C27H33N5O4S.C26H31N5O3S/c1-32-26(19-24(20-29)28(34)31-10-14-35-2)7-8-27(32)23-4-3-22-18-25(6-5-21(22)17-23)30-9-11-33-12-15-36-16-13-33;1-31-25(19-26(20-28)37(33,34)30-10-14-35-2)7-8-27(31)23-4-3-22-18-24(6-5-21(22)17-23)29-9-11-32-12-15-36-16-13-32;1-29-11-13-31(14-12-29)24-7-6-20-16-22(5-4-21(20)17-24)26-9-8-23(30(26)2)18-25(19-27)35(32,33)28-10-15-34-3/h3-8,17-19,30H,9-16H2,1-2H3,(H,31,34);3-8,17-19,29-30H,9-16H2,1-2H3;4-9,16-18,28H,10-15H2,1-3H3/b24-19+;26-19+;25-18+. The van der Waals surface area contributed by atoms with Gasteiger partial charge in [0.05, 0.1) is 46.2 Å². The van der Waals surface area contributed by atoms with Gasteiger partial charge in [-0.15, -0.1) is 0 Å². The van der Waals surface area contributed by atoms with Crippen LogP contribution in [0.5, 0.6) is 0 Å². The molecule has 25 nitrogen and oxygen atoms in total. The van der Waals surface area contributed by atoms with Gasteiger partial charge in [-0.25, -0.2) is 26.3 Å².